The standard InChI is InChI=1S/C9H9N3S2/c10-8(13)9-11-2-3-12(9)5-7-1-4-14-6-7/h1-4,6H,5H2,(H2,10,13). The molecular formula is C9H9N3S2. The third kappa shape index (κ3) is 1.83. The highest BCUT2D eigenvalue weighted by atomic mass is 32.1. The van der Waals surface area contributed by atoms with Crippen molar-refractivity contribution in [3.05, 3.63) is 40.6 Å². The maximum absolute atomic E-state index is 5.54. The van der Waals surface area contributed by atoms with E-state index in [2.05, 4.69) is 16.4 Å². The van der Waals surface area contributed by atoms with E-state index in [1.165, 1.54) is 5.56 Å². The van der Waals surface area contributed by atoms with Crippen molar-refractivity contribution in [3.63, 3.8) is 0 Å². The smallest absolute Gasteiger partial charge is 0.167 e. The van der Waals surface area contributed by atoms with E-state index in [9.17, 15) is 0 Å². The highest BCUT2D eigenvalue weighted by molar-refractivity contribution is 7.80. The molecule has 2 aromatic rings. The van der Waals surface area contributed by atoms with Gasteiger partial charge in [-0.3, -0.25) is 0 Å². The summed E-state index contributed by atoms with van der Waals surface area (Å²) in [4.78, 5) is 4.43. The molecule has 0 spiro atoms. The maximum Gasteiger partial charge on any atom is 0.167 e. The first kappa shape index (κ1) is 9.36. The summed E-state index contributed by atoms with van der Waals surface area (Å²) >= 11 is 6.57. The fourth-order valence-corrected chi connectivity index (χ4v) is 2.07. The zero-order valence-corrected chi connectivity index (χ0v) is 9.02. The van der Waals surface area contributed by atoms with Crippen LogP contribution in [-0.4, -0.2) is 14.5 Å². The molecule has 14 heavy (non-hydrogen) atoms. The molecule has 0 bridgehead atoms. The van der Waals surface area contributed by atoms with Gasteiger partial charge in [-0.25, -0.2) is 4.98 Å². The summed E-state index contributed by atoms with van der Waals surface area (Å²) in [7, 11) is 0. The van der Waals surface area contributed by atoms with Gasteiger partial charge in [0.05, 0.1) is 0 Å². The van der Waals surface area contributed by atoms with E-state index >= 15 is 0 Å². The van der Waals surface area contributed by atoms with Crippen molar-refractivity contribution in [3.8, 4) is 0 Å². The summed E-state index contributed by atoms with van der Waals surface area (Å²) in [6, 6.07) is 2.08. The van der Waals surface area contributed by atoms with Crippen LogP contribution in [0.5, 0.6) is 0 Å². The van der Waals surface area contributed by atoms with Gasteiger partial charge in [-0.05, 0) is 22.4 Å². The van der Waals surface area contributed by atoms with Crippen LogP contribution in [0.15, 0.2) is 29.2 Å². The van der Waals surface area contributed by atoms with Crippen LogP contribution in [0.2, 0.25) is 0 Å². The van der Waals surface area contributed by atoms with Gasteiger partial charge in [-0.2, -0.15) is 11.3 Å². The lowest BCUT2D eigenvalue weighted by molar-refractivity contribution is 0.791. The van der Waals surface area contributed by atoms with E-state index in [0.717, 1.165) is 6.54 Å². The second-order valence-electron chi connectivity index (χ2n) is 2.87. The zero-order valence-electron chi connectivity index (χ0n) is 7.38. The molecule has 0 aliphatic rings. The topological polar surface area (TPSA) is 43.8 Å². The Hall–Kier alpha value is -1.20. The number of thiophene rings is 1. The molecule has 0 saturated carbocycles. The lowest BCUT2D eigenvalue weighted by atomic mass is 10.3. The molecule has 0 atom stereocenters. The summed E-state index contributed by atoms with van der Waals surface area (Å²) in [5.74, 6) is 0.672. The van der Waals surface area contributed by atoms with E-state index in [1.54, 1.807) is 17.5 Å². The van der Waals surface area contributed by atoms with Crippen LogP contribution >= 0.6 is 23.6 Å². The van der Waals surface area contributed by atoms with Crippen LogP contribution in [0.25, 0.3) is 0 Å². The number of nitrogens with zero attached hydrogens (tertiary/aromatic N) is 2. The molecule has 0 fully saturated rings. The molecule has 0 aromatic carbocycles. The van der Waals surface area contributed by atoms with E-state index in [1.807, 2.05) is 16.1 Å². The van der Waals surface area contributed by atoms with E-state index in [-0.39, 0.29) is 0 Å². The van der Waals surface area contributed by atoms with Gasteiger partial charge in [-0.1, -0.05) is 12.2 Å². The fraction of sp³-hybridized carbons (Fsp3) is 0.111. The van der Waals surface area contributed by atoms with Gasteiger partial charge in [0, 0.05) is 18.9 Å². The lowest BCUT2D eigenvalue weighted by Gasteiger charge is -2.04. The van der Waals surface area contributed by atoms with Gasteiger partial charge >= 0.3 is 0 Å². The maximum atomic E-state index is 5.54. The Kier molecular flexibility index (Phi) is 2.60. The van der Waals surface area contributed by atoms with Crippen LogP contribution in [0.3, 0.4) is 0 Å². The average Bonchev–Trinajstić information content (AvgIpc) is 2.75. The third-order valence-corrected chi connectivity index (χ3v) is 2.78. The first-order valence-electron chi connectivity index (χ1n) is 4.09. The monoisotopic (exact) mass is 223 g/mol. The lowest BCUT2D eigenvalue weighted by Crippen LogP contribution is -2.17. The minimum atomic E-state index is 0.338. The number of imidazole rings is 1. The second-order valence-corrected chi connectivity index (χ2v) is 4.09. The molecule has 0 unspecified atom stereocenters. The minimum Gasteiger partial charge on any atom is -0.387 e. The molecule has 3 nitrogen and oxygen atoms in total. The Balaban J connectivity index is 2.25. The first-order valence-corrected chi connectivity index (χ1v) is 5.44. The number of thiocarbonyl (C=S) groups is 1. The summed E-state index contributed by atoms with van der Waals surface area (Å²) in [5.41, 5.74) is 6.78. The van der Waals surface area contributed by atoms with Crippen LogP contribution in [0, 0.1) is 0 Å². The van der Waals surface area contributed by atoms with Crippen LogP contribution in [0.4, 0.5) is 0 Å². The largest absolute Gasteiger partial charge is 0.387 e. The van der Waals surface area contributed by atoms with Gasteiger partial charge < -0.3 is 10.3 Å². The van der Waals surface area contributed by atoms with Crippen LogP contribution < -0.4 is 5.73 Å². The first-order chi connectivity index (χ1) is 6.77. The summed E-state index contributed by atoms with van der Waals surface area (Å²) in [6.07, 6.45) is 3.59. The number of nitrogens with two attached hydrogens (primary N) is 1. The SMILES string of the molecule is NC(=S)c1nccn1Cc1ccsc1. The predicted molar refractivity (Wildman–Crippen MR) is 61.5 cm³/mol. The van der Waals surface area contributed by atoms with Crippen molar-refractivity contribution in [2.24, 2.45) is 5.73 Å². The van der Waals surface area contributed by atoms with Crippen molar-refractivity contribution in [2.45, 2.75) is 6.54 Å². The highest BCUT2D eigenvalue weighted by Crippen LogP contribution is 2.09. The second kappa shape index (κ2) is 3.89. The molecular weight excluding hydrogens is 214 g/mol. The number of rotatable bonds is 3. The summed E-state index contributed by atoms with van der Waals surface area (Å²) < 4.78 is 1.95. The van der Waals surface area contributed by atoms with Crippen molar-refractivity contribution in [1.82, 2.24) is 9.55 Å². The predicted octanol–water partition coefficient (Wildman–Crippen LogP) is 1.63. The van der Waals surface area contributed by atoms with Gasteiger partial charge in [0.15, 0.2) is 5.82 Å². The number of aromatic nitrogens is 2. The van der Waals surface area contributed by atoms with Gasteiger partial charge in [-0.15, -0.1) is 0 Å². The number of hydrogen-bond donors (Lipinski definition) is 1. The van der Waals surface area contributed by atoms with E-state index < -0.39 is 0 Å². The highest BCUT2D eigenvalue weighted by Gasteiger charge is 2.05. The molecule has 2 heterocycles. The molecule has 2 aromatic heterocycles. The molecule has 0 aliphatic carbocycles. The molecule has 2 N–H and O–H groups in total. The number of hydrogen-bond acceptors (Lipinski definition) is 3. The normalized spacial score (nSPS) is 10.3. The van der Waals surface area contributed by atoms with Gasteiger partial charge in [0.25, 0.3) is 0 Å². The Morgan fingerprint density at radius 2 is 2.50 bits per heavy atom. The quantitative estimate of drug-likeness (QED) is 0.804. The molecule has 0 radical (unpaired) electrons. The minimum absolute atomic E-state index is 0.338. The Labute approximate surface area is 91.2 Å². The molecule has 0 aliphatic heterocycles. The van der Waals surface area contributed by atoms with Crippen molar-refractivity contribution in [2.75, 3.05) is 0 Å². The fourth-order valence-electron chi connectivity index (χ4n) is 1.24. The van der Waals surface area contributed by atoms with Gasteiger partial charge in [0.2, 0.25) is 0 Å². The summed E-state index contributed by atoms with van der Waals surface area (Å²) in [5, 5.41) is 4.15. The molecule has 0 saturated heterocycles. The zero-order chi connectivity index (χ0) is 9.97. The Bertz CT molecular complexity index is 431. The van der Waals surface area contributed by atoms with E-state index in [0.29, 0.717) is 10.8 Å². The van der Waals surface area contributed by atoms with Crippen molar-refractivity contribution < 1.29 is 0 Å². The average molecular weight is 223 g/mol. The Morgan fingerprint density at radius 3 is 3.14 bits per heavy atom. The van der Waals surface area contributed by atoms with Gasteiger partial charge in [0.1, 0.15) is 4.99 Å². The molecule has 2 rings (SSSR count). The van der Waals surface area contributed by atoms with Crippen LogP contribution in [0.1, 0.15) is 11.4 Å². The molecule has 72 valence electrons. The third-order valence-electron chi connectivity index (χ3n) is 1.87. The van der Waals surface area contributed by atoms with E-state index in [4.69, 9.17) is 18.0 Å². The van der Waals surface area contributed by atoms with Crippen molar-refractivity contribution >= 4 is 28.5 Å². The van der Waals surface area contributed by atoms with Crippen LogP contribution in [-0.2, 0) is 6.54 Å². The Morgan fingerprint density at radius 1 is 1.64 bits per heavy atom. The summed E-state index contributed by atoms with van der Waals surface area (Å²) in [6.45, 7) is 0.774. The molecule has 0 amide bonds. The molecule has 5 heteroatoms. The van der Waals surface area contributed by atoms with Crippen molar-refractivity contribution in [1.29, 1.82) is 0 Å².